The molecule has 0 spiro atoms. The number of thioether (sulfide) groups is 1. The van der Waals surface area contributed by atoms with Gasteiger partial charge in [-0.05, 0) is 24.3 Å². The van der Waals surface area contributed by atoms with Crippen molar-refractivity contribution in [2.75, 3.05) is 17.3 Å². The van der Waals surface area contributed by atoms with E-state index in [0.717, 1.165) is 17.0 Å². The van der Waals surface area contributed by atoms with Crippen LogP contribution in [0.2, 0.25) is 0 Å². The summed E-state index contributed by atoms with van der Waals surface area (Å²) < 4.78 is 0. The summed E-state index contributed by atoms with van der Waals surface area (Å²) in [5, 5.41) is 3.49. The quantitative estimate of drug-likeness (QED) is 0.742. The summed E-state index contributed by atoms with van der Waals surface area (Å²) in [5.74, 6) is 1.06. The summed E-state index contributed by atoms with van der Waals surface area (Å²) in [7, 11) is 0. The van der Waals surface area contributed by atoms with Gasteiger partial charge in [0, 0.05) is 10.4 Å². The summed E-state index contributed by atoms with van der Waals surface area (Å²) >= 11 is 3.22. The molecular weight excluding hydrogens is 362 g/mol. The average Bonchev–Trinajstić information content (AvgIpc) is 2.97. The molecule has 1 amide bonds. The molecule has 0 aliphatic carbocycles. The van der Waals surface area contributed by atoms with Crippen LogP contribution in [0.25, 0.3) is 11.3 Å². The zero-order valence-electron chi connectivity index (χ0n) is 14.1. The van der Waals surface area contributed by atoms with Crippen molar-refractivity contribution in [2.24, 2.45) is 5.73 Å². The van der Waals surface area contributed by atoms with Gasteiger partial charge < -0.3 is 11.1 Å². The predicted octanol–water partition coefficient (Wildman–Crippen LogP) is 4.37. The molecule has 24 heavy (non-hydrogen) atoms. The van der Waals surface area contributed by atoms with Gasteiger partial charge in [-0.2, -0.15) is 11.8 Å². The summed E-state index contributed by atoms with van der Waals surface area (Å²) in [6.07, 6.45) is 2.67. The van der Waals surface area contributed by atoms with Gasteiger partial charge in [-0.1, -0.05) is 44.2 Å². The first kappa shape index (κ1) is 21.0. The second-order valence-corrected chi connectivity index (χ2v) is 7.65. The van der Waals surface area contributed by atoms with E-state index in [1.807, 2.05) is 36.6 Å². The van der Waals surface area contributed by atoms with Crippen molar-refractivity contribution in [3.05, 3.63) is 35.2 Å². The van der Waals surface area contributed by atoms with Gasteiger partial charge in [0.25, 0.3) is 0 Å². The molecule has 0 fully saturated rings. The Morgan fingerprint density at radius 2 is 2.00 bits per heavy atom. The molecule has 1 aromatic heterocycles. The van der Waals surface area contributed by atoms with Crippen molar-refractivity contribution in [1.82, 2.24) is 4.98 Å². The van der Waals surface area contributed by atoms with E-state index < -0.39 is 6.04 Å². The zero-order chi connectivity index (χ0) is 16.8. The highest BCUT2D eigenvalue weighted by molar-refractivity contribution is 7.98. The van der Waals surface area contributed by atoms with Crippen LogP contribution in [0, 0.1) is 0 Å². The predicted molar refractivity (Wildman–Crippen MR) is 108 cm³/mol. The van der Waals surface area contributed by atoms with Crippen LogP contribution in [-0.2, 0) is 4.79 Å². The standard InChI is InChI=1S/C17H23N3OS2.ClH/c1-11(2)15-14(12-7-5-4-6-8-12)19-17(23-15)20-16(21)13(18)9-10-22-3;/h4-8,11,13H,9-10,18H2,1-3H3,(H,19,20,21);1H/t13-;/m0./s1. The molecule has 0 aliphatic rings. The minimum atomic E-state index is -0.492. The Kier molecular flexibility index (Phi) is 8.76. The van der Waals surface area contributed by atoms with Crippen LogP contribution in [-0.4, -0.2) is 28.9 Å². The van der Waals surface area contributed by atoms with Crippen molar-refractivity contribution in [1.29, 1.82) is 0 Å². The van der Waals surface area contributed by atoms with E-state index in [1.165, 1.54) is 16.2 Å². The number of nitrogens with one attached hydrogen (secondary N) is 1. The molecule has 4 nitrogen and oxygen atoms in total. The van der Waals surface area contributed by atoms with E-state index in [2.05, 4.69) is 24.1 Å². The number of carbonyl (C=O) groups excluding carboxylic acids is 1. The molecule has 2 aromatic rings. The highest BCUT2D eigenvalue weighted by Crippen LogP contribution is 2.36. The summed E-state index contributed by atoms with van der Waals surface area (Å²) in [4.78, 5) is 18.0. The van der Waals surface area contributed by atoms with Gasteiger partial charge in [0.1, 0.15) is 0 Å². The summed E-state index contributed by atoms with van der Waals surface area (Å²) in [6.45, 7) is 4.27. The molecule has 2 rings (SSSR count). The fraction of sp³-hybridized carbons (Fsp3) is 0.412. The van der Waals surface area contributed by atoms with E-state index in [1.54, 1.807) is 11.8 Å². The van der Waals surface area contributed by atoms with Crippen LogP contribution < -0.4 is 11.1 Å². The third-order valence-corrected chi connectivity index (χ3v) is 5.34. The van der Waals surface area contributed by atoms with E-state index >= 15 is 0 Å². The summed E-state index contributed by atoms with van der Waals surface area (Å²) in [6, 6.07) is 9.56. The largest absolute Gasteiger partial charge is 0.320 e. The van der Waals surface area contributed by atoms with Crippen molar-refractivity contribution in [3.63, 3.8) is 0 Å². The lowest BCUT2D eigenvalue weighted by Gasteiger charge is -2.09. The molecule has 0 unspecified atom stereocenters. The zero-order valence-corrected chi connectivity index (χ0v) is 16.6. The minimum Gasteiger partial charge on any atom is -0.320 e. The Morgan fingerprint density at radius 1 is 1.33 bits per heavy atom. The van der Waals surface area contributed by atoms with Crippen molar-refractivity contribution < 1.29 is 4.79 Å². The highest BCUT2D eigenvalue weighted by Gasteiger charge is 2.19. The van der Waals surface area contributed by atoms with Gasteiger partial charge in [-0.3, -0.25) is 4.79 Å². The molecule has 0 radical (unpaired) electrons. The molecule has 0 bridgehead atoms. The Hall–Kier alpha value is -1.08. The van der Waals surface area contributed by atoms with E-state index in [-0.39, 0.29) is 18.3 Å². The lowest BCUT2D eigenvalue weighted by molar-refractivity contribution is -0.117. The molecule has 0 saturated carbocycles. The van der Waals surface area contributed by atoms with Crippen LogP contribution in [0.3, 0.4) is 0 Å². The van der Waals surface area contributed by atoms with Crippen molar-refractivity contribution in [2.45, 2.75) is 32.2 Å². The number of hydrogen-bond acceptors (Lipinski definition) is 5. The van der Waals surface area contributed by atoms with Gasteiger partial charge in [0.15, 0.2) is 5.13 Å². The maximum atomic E-state index is 12.2. The fourth-order valence-electron chi connectivity index (χ4n) is 2.15. The third-order valence-electron chi connectivity index (χ3n) is 3.42. The van der Waals surface area contributed by atoms with Gasteiger partial charge in [-0.25, -0.2) is 4.98 Å². The number of carbonyl (C=O) groups is 1. The number of halogens is 1. The Morgan fingerprint density at radius 3 is 2.58 bits per heavy atom. The van der Waals surface area contributed by atoms with Gasteiger partial charge >= 0.3 is 0 Å². The number of rotatable bonds is 7. The van der Waals surface area contributed by atoms with Crippen LogP contribution in [0.5, 0.6) is 0 Å². The average molecular weight is 386 g/mol. The second-order valence-electron chi connectivity index (χ2n) is 5.63. The Balaban J connectivity index is 0.00000288. The maximum Gasteiger partial charge on any atom is 0.243 e. The topological polar surface area (TPSA) is 68.0 Å². The summed E-state index contributed by atoms with van der Waals surface area (Å²) in [5.41, 5.74) is 7.93. The number of benzene rings is 1. The molecule has 0 saturated heterocycles. The molecule has 1 aromatic carbocycles. The van der Waals surface area contributed by atoms with E-state index in [0.29, 0.717) is 17.5 Å². The van der Waals surface area contributed by atoms with Gasteiger partial charge in [0.05, 0.1) is 11.7 Å². The second kappa shape index (κ2) is 10.0. The molecule has 1 heterocycles. The first-order valence-electron chi connectivity index (χ1n) is 7.64. The molecule has 7 heteroatoms. The molecule has 0 aliphatic heterocycles. The van der Waals surface area contributed by atoms with Crippen LogP contribution in [0.1, 0.15) is 31.1 Å². The minimum absolute atomic E-state index is 0. The number of nitrogens with zero attached hydrogens (tertiary/aromatic N) is 1. The third kappa shape index (κ3) is 5.48. The molecule has 132 valence electrons. The van der Waals surface area contributed by atoms with Crippen LogP contribution in [0.4, 0.5) is 5.13 Å². The molecule has 3 N–H and O–H groups in total. The van der Waals surface area contributed by atoms with Crippen molar-refractivity contribution >= 4 is 46.5 Å². The van der Waals surface area contributed by atoms with Crippen LogP contribution in [0.15, 0.2) is 30.3 Å². The maximum absolute atomic E-state index is 12.2. The smallest absolute Gasteiger partial charge is 0.243 e. The number of aromatic nitrogens is 1. The Labute approximate surface area is 158 Å². The lowest BCUT2D eigenvalue weighted by atomic mass is 10.1. The Bertz CT molecular complexity index is 647. The fourth-order valence-corrected chi connectivity index (χ4v) is 3.64. The number of anilines is 1. The van der Waals surface area contributed by atoms with Gasteiger partial charge in [-0.15, -0.1) is 23.7 Å². The first-order chi connectivity index (χ1) is 11.0. The normalized spacial score (nSPS) is 11.9. The number of thiazole rings is 1. The first-order valence-corrected chi connectivity index (χ1v) is 9.85. The van der Waals surface area contributed by atoms with E-state index in [4.69, 9.17) is 5.73 Å². The number of nitrogens with two attached hydrogens (primary N) is 1. The SMILES string of the molecule is CSCC[C@H](N)C(=O)Nc1nc(-c2ccccc2)c(C(C)C)s1.Cl. The lowest BCUT2D eigenvalue weighted by Crippen LogP contribution is -2.36. The number of amides is 1. The van der Waals surface area contributed by atoms with Crippen LogP contribution >= 0.6 is 35.5 Å². The van der Waals surface area contributed by atoms with Crippen molar-refractivity contribution in [3.8, 4) is 11.3 Å². The molecular formula is C17H24ClN3OS2. The number of hydrogen-bond donors (Lipinski definition) is 2. The van der Waals surface area contributed by atoms with Gasteiger partial charge in [0.2, 0.25) is 5.91 Å². The molecule has 1 atom stereocenters. The van der Waals surface area contributed by atoms with E-state index in [9.17, 15) is 4.79 Å². The monoisotopic (exact) mass is 385 g/mol. The highest BCUT2D eigenvalue weighted by atomic mass is 35.5.